The van der Waals surface area contributed by atoms with E-state index >= 15 is 0 Å². The summed E-state index contributed by atoms with van der Waals surface area (Å²) in [5.74, 6) is -1.21. The summed E-state index contributed by atoms with van der Waals surface area (Å²) in [5, 5.41) is 12.0. The number of carboxylic acids is 1. The number of urea groups is 1. The summed E-state index contributed by atoms with van der Waals surface area (Å²) in [4.78, 5) is 37.1. The van der Waals surface area contributed by atoms with Crippen LogP contribution in [0.2, 0.25) is 10.0 Å². The lowest BCUT2D eigenvalue weighted by atomic mass is 10.1. The van der Waals surface area contributed by atoms with Crippen LogP contribution in [-0.2, 0) is 17.9 Å². The van der Waals surface area contributed by atoms with Gasteiger partial charge in [0, 0.05) is 0 Å². The van der Waals surface area contributed by atoms with Gasteiger partial charge in [0.05, 0.1) is 22.2 Å². The Labute approximate surface area is 205 Å². The van der Waals surface area contributed by atoms with Crippen LogP contribution in [0.1, 0.15) is 27.0 Å². The van der Waals surface area contributed by atoms with Gasteiger partial charge in [-0.1, -0.05) is 65.7 Å². The van der Waals surface area contributed by atoms with E-state index in [1.165, 1.54) is 18.2 Å². The zero-order chi connectivity index (χ0) is 24.2. The van der Waals surface area contributed by atoms with Gasteiger partial charge < -0.3 is 15.2 Å². The number of carboxylic acid groups (broad SMARTS) is 1. The van der Waals surface area contributed by atoms with Crippen molar-refractivity contribution in [2.24, 2.45) is 0 Å². The minimum absolute atomic E-state index is 0.111. The van der Waals surface area contributed by atoms with Crippen molar-refractivity contribution in [2.45, 2.75) is 13.2 Å². The topological polar surface area (TPSA) is 95.9 Å². The largest absolute Gasteiger partial charge is 0.486 e. The SMILES string of the molecule is O=C(O)c1ccc(COc2c(Cl)cc(/C=C3/NC(=O)N(Cc4ccccc4)C3=O)cc2Cl)cc1. The molecule has 34 heavy (non-hydrogen) atoms. The standard InChI is InChI=1S/C25H18Cl2N2O5/c26-19-10-17(11-20(27)22(19)34-14-16-6-8-18(9-7-16)24(31)32)12-21-23(30)29(25(33)28-21)13-15-4-2-1-3-5-15/h1-12H,13-14H2,(H,28,33)(H,31,32)/b21-12+. The number of halogens is 2. The second-order valence-electron chi connectivity index (χ2n) is 7.47. The molecular weight excluding hydrogens is 479 g/mol. The molecule has 2 N–H and O–H groups in total. The van der Waals surface area contributed by atoms with Gasteiger partial charge in [0.15, 0.2) is 5.75 Å². The van der Waals surface area contributed by atoms with E-state index in [-0.39, 0.29) is 40.2 Å². The minimum atomic E-state index is -1.01. The third-order valence-corrected chi connectivity index (χ3v) is 5.62. The Morgan fingerprint density at radius 3 is 2.24 bits per heavy atom. The van der Waals surface area contributed by atoms with Crippen LogP contribution < -0.4 is 10.1 Å². The molecule has 1 aliphatic rings. The summed E-state index contributed by atoms with van der Waals surface area (Å²) in [6.45, 7) is 0.285. The average Bonchev–Trinajstić information content (AvgIpc) is 3.07. The molecule has 1 heterocycles. The Morgan fingerprint density at radius 2 is 1.62 bits per heavy atom. The maximum absolute atomic E-state index is 12.7. The number of hydrogen-bond donors (Lipinski definition) is 2. The fourth-order valence-corrected chi connectivity index (χ4v) is 3.96. The fourth-order valence-electron chi connectivity index (χ4n) is 3.35. The van der Waals surface area contributed by atoms with Crippen molar-refractivity contribution >= 4 is 47.2 Å². The predicted molar refractivity (Wildman–Crippen MR) is 128 cm³/mol. The van der Waals surface area contributed by atoms with Crippen LogP contribution in [0.25, 0.3) is 6.08 Å². The van der Waals surface area contributed by atoms with Crippen LogP contribution in [0.4, 0.5) is 4.79 Å². The first-order valence-electron chi connectivity index (χ1n) is 10.1. The number of rotatable bonds is 7. The van der Waals surface area contributed by atoms with Gasteiger partial charge in [0.1, 0.15) is 12.3 Å². The van der Waals surface area contributed by atoms with Crippen molar-refractivity contribution in [3.8, 4) is 5.75 Å². The van der Waals surface area contributed by atoms with Crippen molar-refractivity contribution < 1.29 is 24.2 Å². The Kier molecular flexibility index (Phi) is 6.86. The molecule has 0 unspecified atom stereocenters. The van der Waals surface area contributed by atoms with E-state index in [1.54, 1.807) is 24.3 Å². The second-order valence-corrected chi connectivity index (χ2v) is 8.28. The number of ether oxygens (including phenoxy) is 1. The van der Waals surface area contributed by atoms with Crippen molar-refractivity contribution in [2.75, 3.05) is 0 Å². The zero-order valence-electron chi connectivity index (χ0n) is 17.6. The Bertz CT molecular complexity index is 1270. The quantitative estimate of drug-likeness (QED) is 0.338. The third kappa shape index (κ3) is 5.22. The van der Waals surface area contributed by atoms with E-state index in [0.29, 0.717) is 5.56 Å². The van der Waals surface area contributed by atoms with Crippen LogP contribution in [0.15, 0.2) is 72.4 Å². The molecule has 3 aromatic carbocycles. The number of nitrogens with one attached hydrogen (secondary N) is 1. The van der Waals surface area contributed by atoms with Gasteiger partial charge in [-0.15, -0.1) is 0 Å². The van der Waals surface area contributed by atoms with E-state index in [2.05, 4.69) is 5.32 Å². The summed E-state index contributed by atoms with van der Waals surface area (Å²) in [7, 11) is 0. The molecule has 7 nitrogen and oxygen atoms in total. The number of carbonyl (C=O) groups is 3. The highest BCUT2D eigenvalue weighted by Crippen LogP contribution is 2.35. The monoisotopic (exact) mass is 496 g/mol. The van der Waals surface area contributed by atoms with Crippen molar-refractivity contribution in [3.05, 3.63) is 105 Å². The molecule has 0 atom stereocenters. The second kappa shape index (κ2) is 9.99. The van der Waals surface area contributed by atoms with Gasteiger partial charge >= 0.3 is 12.0 Å². The molecule has 172 valence electrons. The highest BCUT2D eigenvalue weighted by molar-refractivity contribution is 6.37. The smallest absolute Gasteiger partial charge is 0.335 e. The zero-order valence-corrected chi connectivity index (χ0v) is 19.1. The van der Waals surface area contributed by atoms with Gasteiger partial charge in [0.25, 0.3) is 5.91 Å². The number of benzene rings is 3. The van der Waals surface area contributed by atoms with E-state index < -0.39 is 17.9 Å². The molecule has 0 radical (unpaired) electrons. The lowest BCUT2D eigenvalue weighted by molar-refractivity contribution is -0.123. The first-order chi connectivity index (χ1) is 16.3. The maximum atomic E-state index is 12.7. The highest BCUT2D eigenvalue weighted by atomic mass is 35.5. The molecule has 0 aliphatic carbocycles. The first-order valence-corrected chi connectivity index (χ1v) is 10.9. The number of imide groups is 1. The minimum Gasteiger partial charge on any atom is -0.486 e. The van der Waals surface area contributed by atoms with Gasteiger partial charge in [-0.2, -0.15) is 0 Å². The van der Waals surface area contributed by atoms with Crippen LogP contribution >= 0.6 is 23.2 Å². The number of aromatic carboxylic acids is 1. The number of nitrogens with zero attached hydrogens (tertiary/aromatic N) is 1. The van der Waals surface area contributed by atoms with Crippen molar-refractivity contribution in [1.29, 1.82) is 0 Å². The number of carbonyl (C=O) groups excluding carboxylic acids is 2. The lowest BCUT2D eigenvalue weighted by Gasteiger charge is -2.12. The van der Waals surface area contributed by atoms with Crippen LogP contribution in [0.3, 0.4) is 0 Å². The van der Waals surface area contributed by atoms with E-state index in [1.807, 2.05) is 30.3 Å². The van der Waals surface area contributed by atoms with Crippen LogP contribution in [0.5, 0.6) is 5.75 Å². The normalized spacial score (nSPS) is 14.4. The Balaban J connectivity index is 1.47. The predicted octanol–water partition coefficient (Wildman–Crippen LogP) is 5.36. The maximum Gasteiger partial charge on any atom is 0.335 e. The Hall–Kier alpha value is -3.81. The highest BCUT2D eigenvalue weighted by Gasteiger charge is 2.33. The summed E-state index contributed by atoms with van der Waals surface area (Å²) in [6.07, 6.45) is 1.50. The third-order valence-electron chi connectivity index (χ3n) is 5.06. The van der Waals surface area contributed by atoms with Crippen LogP contribution in [-0.4, -0.2) is 27.9 Å². The molecule has 0 saturated carbocycles. The molecule has 0 bridgehead atoms. The molecular formula is C25H18Cl2N2O5. The molecule has 3 aromatic rings. The lowest BCUT2D eigenvalue weighted by Crippen LogP contribution is -2.30. The van der Waals surface area contributed by atoms with E-state index in [4.69, 9.17) is 33.0 Å². The van der Waals surface area contributed by atoms with Crippen LogP contribution in [0, 0.1) is 0 Å². The molecule has 9 heteroatoms. The summed E-state index contributed by atoms with van der Waals surface area (Å²) < 4.78 is 5.72. The number of amides is 3. The summed E-state index contributed by atoms with van der Waals surface area (Å²) in [5.41, 5.74) is 2.37. The van der Waals surface area contributed by atoms with E-state index in [0.717, 1.165) is 16.0 Å². The Morgan fingerprint density at radius 1 is 0.971 bits per heavy atom. The van der Waals surface area contributed by atoms with Gasteiger partial charge in [-0.25, -0.2) is 9.59 Å². The number of hydrogen-bond acceptors (Lipinski definition) is 4. The molecule has 1 aliphatic heterocycles. The van der Waals surface area contributed by atoms with Gasteiger partial charge in [-0.3, -0.25) is 9.69 Å². The molecule has 1 saturated heterocycles. The average molecular weight is 497 g/mol. The molecule has 0 spiro atoms. The molecule has 1 fully saturated rings. The fraction of sp³-hybridized carbons (Fsp3) is 0.0800. The van der Waals surface area contributed by atoms with Crippen molar-refractivity contribution in [3.63, 3.8) is 0 Å². The van der Waals surface area contributed by atoms with Gasteiger partial charge in [0.2, 0.25) is 0 Å². The summed E-state index contributed by atoms with van der Waals surface area (Å²) in [6, 6.07) is 18.1. The van der Waals surface area contributed by atoms with Crippen molar-refractivity contribution in [1.82, 2.24) is 10.2 Å². The van der Waals surface area contributed by atoms with Gasteiger partial charge in [-0.05, 0) is 47.0 Å². The van der Waals surface area contributed by atoms with E-state index in [9.17, 15) is 14.4 Å². The molecule has 0 aromatic heterocycles. The molecule has 4 rings (SSSR count). The summed E-state index contributed by atoms with van der Waals surface area (Å²) >= 11 is 12.7. The molecule has 3 amide bonds. The first kappa shape index (κ1) is 23.4.